The van der Waals surface area contributed by atoms with Crippen LogP contribution in [0.1, 0.15) is 356 Å². The Bertz CT molecular complexity index is 1900. The quantitative estimate of drug-likeness (QED) is 0.0169. The third kappa shape index (κ3) is 66.6. The van der Waals surface area contributed by atoms with Crippen molar-refractivity contribution in [1.82, 2.24) is 0 Å². The molecule has 0 spiro atoms. The molecule has 0 radical (unpaired) electrons. The zero-order valence-corrected chi connectivity index (χ0v) is 61.8. The fourth-order valence-electron chi connectivity index (χ4n) is 10.7. The van der Waals surface area contributed by atoms with Gasteiger partial charge in [-0.1, -0.05) is 303 Å². The van der Waals surface area contributed by atoms with E-state index in [1.54, 1.807) is 0 Å². The van der Waals surface area contributed by atoms with Crippen molar-refractivity contribution in [3.05, 3.63) is 24.3 Å². The number of ether oxygens (including phenoxy) is 4. The molecule has 0 amide bonds. The molecule has 0 aromatic carbocycles. The number of hydrogen-bond acceptors (Lipinski definition) is 15. The van der Waals surface area contributed by atoms with Gasteiger partial charge in [-0.25, -0.2) is 9.13 Å². The Morgan fingerprint density at radius 1 is 0.355 bits per heavy atom. The number of esters is 4. The number of rotatable bonds is 71. The lowest BCUT2D eigenvalue weighted by Gasteiger charge is -2.21. The molecule has 3 N–H and O–H groups in total. The van der Waals surface area contributed by atoms with Crippen molar-refractivity contribution in [3.8, 4) is 0 Å². The van der Waals surface area contributed by atoms with E-state index in [1.807, 2.05) is 0 Å². The third-order valence-corrected chi connectivity index (χ3v) is 18.8. The minimum absolute atomic E-state index is 0.0848. The first-order valence-electron chi connectivity index (χ1n) is 37.8. The van der Waals surface area contributed by atoms with Crippen LogP contribution in [0, 0.1) is 11.8 Å². The molecule has 548 valence electrons. The Morgan fingerprint density at radius 2 is 0.634 bits per heavy atom. The standard InChI is InChI=1S/C74H140O17P2/c1-7-10-12-14-16-18-20-22-24-26-30-35-39-47-53-59-73(78)90-69(62-84-71(76)56-50-44-37-33-31-27-28-32-36-42-48-54-66(4)5)64-88-92(80,81)86-60-68(75)61-87-93(82,83)89-65-70(63-85-72(77)57-51-45-41-40-43-49-55-67(6)9-3)91-74(79)58-52-46-38-34-29-25-23-21-19-17-15-13-11-8-2/h18,20,22,24,66-70,75H,7-17,19,21,23,25-65H2,1-6H3,(H,80,81)(H,82,83)/b20-18-,24-22-/t67?,68-,69-,70-/m1/s1. The highest BCUT2D eigenvalue weighted by Gasteiger charge is 2.30. The Hall–Kier alpha value is -2.46. The number of phosphoric ester groups is 2. The van der Waals surface area contributed by atoms with Gasteiger partial charge < -0.3 is 33.8 Å². The first-order valence-corrected chi connectivity index (χ1v) is 40.8. The second kappa shape index (κ2) is 65.5. The van der Waals surface area contributed by atoms with Gasteiger partial charge in [0, 0.05) is 25.7 Å². The summed E-state index contributed by atoms with van der Waals surface area (Å²) in [5, 5.41) is 10.6. The van der Waals surface area contributed by atoms with Gasteiger partial charge in [0.1, 0.15) is 19.3 Å². The normalized spacial score (nSPS) is 14.5. The van der Waals surface area contributed by atoms with Gasteiger partial charge in [-0.2, -0.15) is 0 Å². The Kier molecular flexibility index (Phi) is 63.7. The summed E-state index contributed by atoms with van der Waals surface area (Å²) < 4.78 is 68.4. The van der Waals surface area contributed by atoms with Crippen LogP contribution >= 0.6 is 15.6 Å². The number of aliphatic hydroxyl groups excluding tert-OH is 1. The second-order valence-electron chi connectivity index (χ2n) is 26.7. The molecule has 0 saturated carbocycles. The van der Waals surface area contributed by atoms with Crippen LogP contribution in [-0.4, -0.2) is 96.7 Å². The number of unbranched alkanes of at least 4 members (excludes halogenated alkanes) is 37. The molecule has 0 saturated heterocycles. The monoisotopic (exact) mass is 1360 g/mol. The summed E-state index contributed by atoms with van der Waals surface area (Å²) in [6, 6.07) is 0. The molecule has 3 unspecified atom stereocenters. The molecule has 0 aromatic heterocycles. The number of allylic oxidation sites excluding steroid dienone is 4. The average Bonchev–Trinajstić information content (AvgIpc) is 1.99. The largest absolute Gasteiger partial charge is 0.472 e. The van der Waals surface area contributed by atoms with E-state index in [-0.39, 0.29) is 25.7 Å². The molecular formula is C74H140O17P2. The summed E-state index contributed by atoms with van der Waals surface area (Å²) in [6.45, 7) is 9.48. The molecule has 0 bridgehead atoms. The fourth-order valence-corrected chi connectivity index (χ4v) is 12.3. The van der Waals surface area contributed by atoms with Gasteiger partial charge in [0.05, 0.1) is 26.4 Å². The van der Waals surface area contributed by atoms with Crippen LogP contribution in [0.15, 0.2) is 24.3 Å². The number of aliphatic hydroxyl groups is 1. The van der Waals surface area contributed by atoms with E-state index >= 15 is 0 Å². The van der Waals surface area contributed by atoms with Crippen LogP contribution in [0.4, 0.5) is 0 Å². The van der Waals surface area contributed by atoms with E-state index in [9.17, 15) is 43.2 Å². The molecule has 0 rings (SSSR count). The van der Waals surface area contributed by atoms with Crippen molar-refractivity contribution in [1.29, 1.82) is 0 Å². The van der Waals surface area contributed by atoms with E-state index in [2.05, 4.69) is 65.8 Å². The van der Waals surface area contributed by atoms with Gasteiger partial charge >= 0.3 is 39.5 Å². The van der Waals surface area contributed by atoms with Gasteiger partial charge in [0.2, 0.25) is 0 Å². The molecule has 0 heterocycles. The minimum Gasteiger partial charge on any atom is -0.462 e. The minimum atomic E-state index is -4.96. The van der Waals surface area contributed by atoms with Crippen LogP contribution in [0.2, 0.25) is 0 Å². The van der Waals surface area contributed by atoms with E-state index < -0.39 is 97.5 Å². The molecule has 0 fully saturated rings. The summed E-state index contributed by atoms with van der Waals surface area (Å²) >= 11 is 0. The number of carbonyl (C=O) groups is 4. The van der Waals surface area contributed by atoms with Crippen molar-refractivity contribution in [3.63, 3.8) is 0 Å². The molecule has 17 nitrogen and oxygen atoms in total. The smallest absolute Gasteiger partial charge is 0.462 e. The molecule has 0 aliphatic heterocycles. The van der Waals surface area contributed by atoms with Crippen LogP contribution in [-0.2, 0) is 65.4 Å². The van der Waals surface area contributed by atoms with Gasteiger partial charge in [0.15, 0.2) is 12.2 Å². The van der Waals surface area contributed by atoms with Crippen LogP contribution in [0.25, 0.3) is 0 Å². The van der Waals surface area contributed by atoms with Gasteiger partial charge in [-0.3, -0.25) is 37.3 Å². The lowest BCUT2D eigenvalue weighted by molar-refractivity contribution is -0.161. The second-order valence-corrected chi connectivity index (χ2v) is 29.6. The molecule has 93 heavy (non-hydrogen) atoms. The Morgan fingerprint density at radius 3 is 0.968 bits per heavy atom. The fraction of sp³-hybridized carbons (Fsp3) is 0.892. The van der Waals surface area contributed by atoms with Crippen molar-refractivity contribution < 1.29 is 80.2 Å². The summed E-state index contributed by atoms with van der Waals surface area (Å²) in [4.78, 5) is 72.7. The molecule has 0 aliphatic carbocycles. The van der Waals surface area contributed by atoms with Gasteiger partial charge in [-0.05, 0) is 63.2 Å². The predicted octanol–water partition coefficient (Wildman–Crippen LogP) is 21.1. The van der Waals surface area contributed by atoms with Crippen molar-refractivity contribution >= 4 is 39.5 Å². The summed E-state index contributed by atoms with van der Waals surface area (Å²) in [5.41, 5.74) is 0. The highest BCUT2D eigenvalue weighted by molar-refractivity contribution is 7.47. The SMILES string of the molecule is CCCCCC/C=C\C=C/CCCCCCCC(=O)O[C@H](COC(=O)CCCCCCCCCCCCCC(C)C)COP(=O)(O)OC[C@@H](O)COP(=O)(O)OC[C@@H](COC(=O)CCCCCCCCC(C)CC)OC(=O)CCCCCCCCCCCCCCCC. The molecule has 19 heteroatoms. The number of phosphoric acid groups is 2. The Balaban J connectivity index is 5.30. The maximum absolute atomic E-state index is 13.1. The maximum atomic E-state index is 13.1. The summed E-state index contributed by atoms with van der Waals surface area (Å²) in [5.74, 6) is -0.651. The van der Waals surface area contributed by atoms with Crippen LogP contribution in [0.5, 0.6) is 0 Å². The summed E-state index contributed by atoms with van der Waals surface area (Å²) in [7, 11) is -9.92. The van der Waals surface area contributed by atoms with Crippen molar-refractivity contribution in [2.24, 2.45) is 11.8 Å². The zero-order chi connectivity index (χ0) is 68.6. The average molecular weight is 1360 g/mol. The predicted molar refractivity (Wildman–Crippen MR) is 377 cm³/mol. The van der Waals surface area contributed by atoms with Gasteiger partial charge in [-0.15, -0.1) is 0 Å². The van der Waals surface area contributed by atoms with E-state index in [0.29, 0.717) is 25.7 Å². The third-order valence-electron chi connectivity index (χ3n) is 16.9. The highest BCUT2D eigenvalue weighted by atomic mass is 31.2. The van der Waals surface area contributed by atoms with Crippen LogP contribution < -0.4 is 0 Å². The number of hydrogen-bond donors (Lipinski definition) is 3. The van der Waals surface area contributed by atoms with Crippen LogP contribution in [0.3, 0.4) is 0 Å². The van der Waals surface area contributed by atoms with Gasteiger partial charge in [0.25, 0.3) is 0 Å². The lowest BCUT2D eigenvalue weighted by Crippen LogP contribution is -2.30. The van der Waals surface area contributed by atoms with E-state index in [4.69, 9.17) is 37.0 Å². The summed E-state index contributed by atoms with van der Waals surface area (Å²) in [6.07, 6.45) is 54.8. The van der Waals surface area contributed by atoms with E-state index in [0.717, 1.165) is 121 Å². The Labute approximate surface area is 567 Å². The maximum Gasteiger partial charge on any atom is 0.472 e. The molecule has 0 aliphatic rings. The van der Waals surface area contributed by atoms with Crippen molar-refractivity contribution in [2.75, 3.05) is 39.6 Å². The molecule has 0 aromatic rings. The molecule has 6 atom stereocenters. The topological polar surface area (TPSA) is 237 Å². The van der Waals surface area contributed by atoms with Crippen molar-refractivity contribution in [2.45, 2.75) is 374 Å². The highest BCUT2D eigenvalue weighted by Crippen LogP contribution is 2.45. The first-order chi connectivity index (χ1) is 44.9. The number of carbonyl (C=O) groups excluding carboxylic acids is 4. The zero-order valence-electron chi connectivity index (χ0n) is 60.0. The lowest BCUT2D eigenvalue weighted by atomic mass is 10.00. The molecular weight excluding hydrogens is 1220 g/mol. The first kappa shape index (κ1) is 90.5. The van der Waals surface area contributed by atoms with E-state index in [1.165, 1.54) is 154 Å².